The van der Waals surface area contributed by atoms with Gasteiger partial charge in [-0.3, -0.25) is 4.79 Å². The second-order valence-corrected chi connectivity index (χ2v) is 5.81. The lowest BCUT2D eigenvalue weighted by molar-refractivity contribution is -0.119. The number of nitrogens with two attached hydrogens (primary N) is 1. The summed E-state index contributed by atoms with van der Waals surface area (Å²) < 4.78 is 0. The van der Waals surface area contributed by atoms with Crippen molar-refractivity contribution in [2.75, 3.05) is 23.7 Å². The highest BCUT2D eigenvalue weighted by molar-refractivity contribution is 5.99. The Labute approximate surface area is 143 Å². The zero-order chi connectivity index (χ0) is 16.1. The minimum absolute atomic E-state index is 0. The molecule has 1 aliphatic heterocycles. The van der Waals surface area contributed by atoms with Crippen molar-refractivity contribution in [2.24, 2.45) is 11.7 Å². The fourth-order valence-corrected chi connectivity index (χ4v) is 2.30. The summed E-state index contributed by atoms with van der Waals surface area (Å²) in [6.45, 7) is 5.14. The molecule has 0 aromatic heterocycles. The molecule has 23 heavy (non-hydrogen) atoms. The molecule has 1 saturated heterocycles. The van der Waals surface area contributed by atoms with Crippen LogP contribution < -0.4 is 16.4 Å². The Morgan fingerprint density at radius 1 is 1.09 bits per heavy atom. The molecule has 1 aromatic carbocycles. The van der Waals surface area contributed by atoms with Crippen LogP contribution in [0.25, 0.3) is 0 Å². The van der Waals surface area contributed by atoms with Crippen LogP contribution in [0.1, 0.15) is 26.7 Å². The lowest BCUT2D eigenvalue weighted by Gasteiger charge is -2.20. The van der Waals surface area contributed by atoms with Gasteiger partial charge >= 0.3 is 6.03 Å². The normalized spacial score (nSPS) is 16.2. The molecular formula is C16H25ClN4O2. The number of carbonyl (C=O) groups excluding carboxylic acids is 2. The SMILES string of the molecule is CC(N)C(C)C(=O)Nc1ccccc1NC(=O)N1CCCC1.Cl. The van der Waals surface area contributed by atoms with E-state index in [9.17, 15) is 9.59 Å². The summed E-state index contributed by atoms with van der Waals surface area (Å²) in [5.74, 6) is -0.458. The number of rotatable bonds is 4. The number of hydrogen-bond acceptors (Lipinski definition) is 3. The van der Waals surface area contributed by atoms with E-state index in [1.807, 2.05) is 12.1 Å². The number of amides is 3. The standard InChI is InChI=1S/C16H24N4O2.ClH/c1-11(12(2)17)15(21)18-13-7-3-4-8-14(13)19-16(22)20-9-5-6-10-20;/h3-4,7-8,11-12H,5-6,9-10,17H2,1-2H3,(H,18,21)(H,19,22);1H. The average Bonchev–Trinajstić information content (AvgIpc) is 3.02. The molecule has 6 nitrogen and oxygen atoms in total. The van der Waals surface area contributed by atoms with Crippen LogP contribution in [-0.2, 0) is 4.79 Å². The first-order valence-corrected chi connectivity index (χ1v) is 7.70. The van der Waals surface area contributed by atoms with Crippen molar-refractivity contribution in [3.05, 3.63) is 24.3 Å². The van der Waals surface area contributed by atoms with Gasteiger partial charge in [-0.05, 0) is 31.9 Å². The van der Waals surface area contributed by atoms with Crippen LogP contribution in [-0.4, -0.2) is 36.0 Å². The van der Waals surface area contributed by atoms with Gasteiger partial charge in [0.2, 0.25) is 5.91 Å². The minimum atomic E-state index is -0.303. The minimum Gasteiger partial charge on any atom is -0.327 e. The van der Waals surface area contributed by atoms with E-state index in [-0.39, 0.29) is 36.3 Å². The Balaban J connectivity index is 0.00000264. The predicted octanol–water partition coefficient (Wildman–Crippen LogP) is 2.66. The average molecular weight is 341 g/mol. The Morgan fingerprint density at radius 3 is 2.13 bits per heavy atom. The topological polar surface area (TPSA) is 87.5 Å². The van der Waals surface area contributed by atoms with Gasteiger partial charge in [0.15, 0.2) is 0 Å². The molecule has 0 spiro atoms. The van der Waals surface area contributed by atoms with E-state index in [2.05, 4.69) is 10.6 Å². The Bertz CT molecular complexity index is 510. The summed E-state index contributed by atoms with van der Waals surface area (Å²) in [5, 5.41) is 5.70. The van der Waals surface area contributed by atoms with Crippen molar-refractivity contribution in [3.63, 3.8) is 0 Å². The van der Waals surface area contributed by atoms with Crippen molar-refractivity contribution in [2.45, 2.75) is 32.7 Å². The number of nitrogens with one attached hydrogen (secondary N) is 2. The van der Waals surface area contributed by atoms with Crippen molar-refractivity contribution in [3.8, 4) is 0 Å². The van der Waals surface area contributed by atoms with Crippen LogP contribution in [0.3, 0.4) is 0 Å². The first-order valence-electron chi connectivity index (χ1n) is 7.70. The molecule has 0 bridgehead atoms. The lowest BCUT2D eigenvalue weighted by atomic mass is 10.0. The molecular weight excluding hydrogens is 316 g/mol. The molecule has 1 aliphatic rings. The van der Waals surface area contributed by atoms with E-state index in [1.165, 1.54) is 0 Å². The maximum absolute atomic E-state index is 12.2. The maximum Gasteiger partial charge on any atom is 0.321 e. The fraction of sp³-hybridized carbons (Fsp3) is 0.500. The molecule has 0 saturated carbocycles. The summed E-state index contributed by atoms with van der Waals surface area (Å²) in [5.41, 5.74) is 6.95. The monoisotopic (exact) mass is 340 g/mol. The van der Waals surface area contributed by atoms with Crippen molar-refractivity contribution >= 4 is 35.7 Å². The van der Waals surface area contributed by atoms with Gasteiger partial charge in [0.1, 0.15) is 0 Å². The number of para-hydroxylation sites is 2. The summed E-state index contributed by atoms with van der Waals surface area (Å²) in [6.07, 6.45) is 2.08. The van der Waals surface area contributed by atoms with E-state index in [0.717, 1.165) is 25.9 Å². The Hall–Kier alpha value is -1.79. The van der Waals surface area contributed by atoms with E-state index in [1.54, 1.807) is 30.9 Å². The maximum atomic E-state index is 12.2. The van der Waals surface area contributed by atoms with Crippen LogP contribution in [0.2, 0.25) is 0 Å². The van der Waals surface area contributed by atoms with Crippen LogP contribution in [0.15, 0.2) is 24.3 Å². The number of halogens is 1. The highest BCUT2D eigenvalue weighted by atomic mass is 35.5. The van der Waals surface area contributed by atoms with Gasteiger partial charge in [0.05, 0.1) is 17.3 Å². The molecule has 1 fully saturated rings. The van der Waals surface area contributed by atoms with Gasteiger partial charge in [0.25, 0.3) is 0 Å². The van der Waals surface area contributed by atoms with Crippen LogP contribution >= 0.6 is 12.4 Å². The van der Waals surface area contributed by atoms with Crippen LogP contribution in [0.5, 0.6) is 0 Å². The number of anilines is 2. The molecule has 1 heterocycles. The molecule has 0 aliphatic carbocycles. The van der Waals surface area contributed by atoms with Gasteiger partial charge in [-0.1, -0.05) is 19.1 Å². The molecule has 128 valence electrons. The Kier molecular flexibility index (Phi) is 7.32. The van der Waals surface area contributed by atoms with Gasteiger partial charge in [0, 0.05) is 19.1 Å². The first-order chi connectivity index (χ1) is 10.5. The molecule has 4 N–H and O–H groups in total. The quantitative estimate of drug-likeness (QED) is 0.787. The molecule has 2 rings (SSSR count). The van der Waals surface area contributed by atoms with Gasteiger partial charge in [-0.15, -0.1) is 12.4 Å². The van der Waals surface area contributed by atoms with Gasteiger partial charge in [-0.2, -0.15) is 0 Å². The van der Waals surface area contributed by atoms with E-state index in [0.29, 0.717) is 11.4 Å². The Morgan fingerprint density at radius 2 is 1.61 bits per heavy atom. The van der Waals surface area contributed by atoms with E-state index < -0.39 is 0 Å². The molecule has 7 heteroatoms. The molecule has 1 aromatic rings. The molecule has 0 radical (unpaired) electrons. The van der Waals surface area contributed by atoms with Crippen molar-refractivity contribution in [1.29, 1.82) is 0 Å². The van der Waals surface area contributed by atoms with Crippen molar-refractivity contribution < 1.29 is 9.59 Å². The number of hydrogen-bond donors (Lipinski definition) is 3. The second kappa shape index (κ2) is 8.74. The predicted molar refractivity (Wildman–Crippen MR) is 95.0 cm³/mol. The first kappa shape index (κ1) is 19.3. The fourth-order valence-electron chi connectivity index (χ4n) is 2.30. The van der Waals surface area contributed by atoms with Crippen molar-refractivity contribution in [1.82, 2.24) is 4.90 Å². The summed E-state index contributed by atoms with van der Waals surface area (Å²) in [4.78, 5) is 26.1. The highest BCUT2D eigenvalue weighted by Crippen LogP contribution is 2.23. The number of nitrogens with zero attached hydrogens (tertiary/aromatic N) is 1. The third kappa shape index (κ3) is 5.11. The van der Waals surface area contributed by atoms with Gasteiger partial charge < -0.3 is 21.3 Å². The van der Waals surface area contributed by atoms with Gasteiger partial charge in [-0.25, -0.2) is 4.79 Å². The smallest absolute Gasteiger partial charge is 0.321 e. The van der Waals surface area contributed by atoms with Crippen LogP contribution in [0, 0.1) is 5.92 Å². The number of urea groups is 1. The third-order valence-corrected chi connectivity index (χ3v) is 4.02. The molecule has 2 unspecified atom stereocenters. The molecule has 3 amide bonds. The zero-order valence-electron chi connectivity index (χ0n) is 13.5. The van der Waals surface area contributed by atoms with Crippen LogP contribution in [0.4, 0.5) is 16.2 Å². The second-order valence-electron chi connectivity index (χ2n) is 5.81. The number of benzene rings is 1. The third-order valence-electron chi connectivity index (χ3n) is 4.02. The summed E-state index contributed by atoms with van der Waals surface area (Å²) >= 11 is 0. The lowest BCUT2D eigenvalue weighted by Crippen LogP contribution is -2.35. The van der Waals surface area contributed by atoms with E-state index >= 15 is 0 Å². The zero-order valence-corrected chi connectivity index (χ0v) is 14.4. The summed E-state index contributed by atoms with van der Waals surface area (Å²) in [7, 11) is 0. The summed E-state index contributed by atoms with van der Waals surface area (Å²) in [6, 6.07) is 6.83. The van der Waals surface area contributed by atoms with E-state index in [4.69, 9.17) is 5.73 Å². The largest absolute Gasteiger partial charge is 0.327 e. The highest BCUT2D eigenvalue weighted by Gasteiger charge is 2.21. The number of carbonyl (C=O) groups is 2. The number of likely N-dealkylation sites (tertiary alicyclic amines) is 1. The molecule has 2 atom stereocenters.